The van der Waals surface area contributed by atoms with Crippen molar-refractivity contribution in [2.75, 3.05) is 13.6 Å². The fourth-order valence-electron chi connectivity index (χ4n) is 1.76. The van der Waals surface area contributed by atoms with Crippen molar-refractivity contribution in [3.8, 4) is 0 Å². The average molecular weight is 217 g/mol. The van der Waals surface area contributed by atoms with Crippen molar-refractivity contribution in [2.24, 2.45) is 0 Å². The lowest BCUT2D eigenvalue weighted by molar-refractivity contribution is 0.278. The van der Waals surface area contributed by atoms with Crippen LogP contribution in [0.2, 0.25) is 0 Å². The highest BCUT2D eigenvalue weighted by molar-refractivity contribution is 5.78. The molecule has 3 heteroatoms. The maximum atomic E-state index is 4.41. The van der Waals surface area contributed by atoms with Gasteiger partial charge in [0.1, 0.15) is 0 Å². The van der Waals surface area contributed by atoms with Gasteiger partial charge in [-0.25, -0.2) is 0 Å². The summed E-state index contributed by atoms with van der Waals surface area (Å²) in [6.07, 6.45) is 4.98. The van der Waals surface area contributed by atoms with Crippen molar-refractivity contribution in [3.05, 3.63) is 30.1 Å². The van der Waals surface area contributed by atoms with Crippen LogP contribution in [0.15, 0.2) is 24.5 Å². The van der Waals surface area contributed by atoms with Crippen LogP contribution < -0.4 is 0 Å². The summed E-state index contributed by atoms with van der Waals surface area (Å²) in [5.74, 6) is 0. The molecule has 0 aromatic carbocycles. The SMILES string of the molecule is CC(C)N(C)CCc1c[nH]c2cccnc12. The Morgan fingerprint density at radius 1 is 1.44 bits per heavy atom. The number of hydrogen-bond acceptors (Lipinski definition) is 2. The van der Waals surface area contributed by atoms with Crippen LogP contribution in [0, 0.1) is 0 Å². The van der Waals surface area contributed by atoms with Gasteiger partial charge >= 0.3 is 0 Å². The summed E-state index contributed by atoms with van der Waals surface area (Å²) >= 11 is 0. The fourth-order valence-corrected chi connectivity index (χ4v) is 1.76. The second kappa shape index (κ2) is 4.66. The Balaban J connectivity index is 2.10. The summed E-state index contributed by atoms with van der Waals surface area (Å²) in [5, 5.41) is 0. The average Bonchev–Trinajstić information content (AvgIpc) is 2.69. The maximum absolute atomic E-state index is 4.41. The zero-order chi connectivity index (χ0) is 11.5. The molecule has 0 fully saturated rings. The smallest absolute Gasteiger partial charge is 0.0911 e. The minimum Gasteiger partial charge on any atom is -0.360 e. The number of hydrogen-bond donors (Lipinski definition) is 1. The lowest BCUT2D eigenvalue weighted by Crippen LogP contribution is -2.28. The Morgan fingerprint density at radius 2 is 2.25 bits per heavy atom. The van der Waals surface area contributed by atoms with Gasteiger partial charge in [-0.15, -0.1) is 0 Å². The van der Waals surface area contributed by atoms with Crippen LogP contribution in [0.25, 0.3) is 11.0 Å². The van der Waals surface area contributed by atoms with Gasteiger partial charge in [-0.05, 0) is 45.0 Å². The molecule has 0 aliphatic rings. The second-order valence-electron chi connectivity index (χ2n) is 4.54. The Kier molecular flexibility index (Phi) is 3.25. The third-order valence-electron chi connectivity index (χ3n) is 3.13. The highest BCUT2D eigenvalue weighted by atomic mass is 15.1. The molecule has 0 unspecified atom stereocenters. The summed E-state index contributed by atoms with van der Waals surface area (Å²) < 4.78 is 0. The highest BCUT2D eigenvalue weighted by Crippen LogP contribution is 2.15. The van der Waals surface area contributed by atoms with Crippen LogP contribution in [0.4, 0.5) is 0 Å². The molecule has 0 spiro atoms. The van der Waals surface area contributed by atoms with Gasteiger partial charge in [0.25, 0.3) is 0 Å². The zero-order valence-corrected chi connectivity index (χ0v) is 10.2. The van der Waals surface area contributed by atoms with Crippen LogP contribution in [-0.4, -0.2) is 34.5 Å². The molecule has 16 heavy (non-hydrogen) atoms. The van der Waals surface area contributed by atoms with Crippen molar-refractivity contribution in [1.29, 1.82) is 0 Å². The van der Waals surface area contributed by atoms with E-state index < -0.39 is 0 Å². The number of H-pyrrole nitrogens is 1. The number of rotatable bonds is 4. The molecule has 2 aromatic rings. The van der Waals surface area contributed by atoms with Crippen molar-refractivity contribution >= 4 is 11.0 Å². The van der Waals surface area contributed by atoms with E-state index in [9.17, 15) is 0 Å². The predicted molar refractivity (Wildman–Crippen MR) is 67.6 cm³/mol. The lowest BCUT2D eigenvalue weighted by Gasteiger charge is -2.20. The monoisotopic (exact) mass is 217 g/mol. The van der Waals surface area contributed by atoms with Crippen molar-refractivity contribution in [3.63, 3.8) is 0 Å². The van der Waals surface area contributed by atoms with Crippen LogP contribution in [0.1, 0.15) is 19.4 Å². The fraction of sp³-hybridized carbons (Fsp3) is 0.462. The molecular formula is C13H19N3. The number of fused-ring (bicyclic) bond motifs is 1. The molecule has 2 heterocycles. The molecule has 0 saturated heterocycles. The van der Waals surface area contributed by atoms with Gasteiger partial charge in [0.15, 0.2) is 0 Å². The summed E-state index contributed by atoms with van der Waals surface area (Å²) in [5.41, 5.74) is 3.55. The van der Waals surface area contributed by atoms with Crippen LogP contribution in [-0.2, 0) is 6.42 Å². The normalized spacial score (nSPS) is 11.8. The van der Waals surface area contributed by atoms with E-state index in [0.717, 1.165) is 24.0 Å². The van der Waals surface area contributed by atoms with E-state index in [4.69, 9.17) is 0 Å². The number of likely N-dealkylation sites (N-methyl/N-ethyl adjacent to an activating group) is 1. The standard InChI is InChI=1S/C13H19N3/c1-10(2)16(3)8-6-11-9-15-12-5-4-7-14-13(11)12/h4-5,7,9-10,15H,6,8H2,1-3H3. The molecule has 86 valence electrons. The van der Waals surface area contributed by atoms with E-state index in [-0.39, 0.29) is 0 Å². The number of nitrogens with zero attached hydrogens (tertiary/aromatic N) is 2. The number of aromatic nitrogens is 2. The molecular weight excluding hydrogens is 198 g/mol. The minimum atomic E-state index is 0.596. The highest BCUT2D eigenvalue weighted by Gasteiger charge is 2.07. The molecule has 2 rings (SSSR count). The third kappa shape index (κ3) is 2.25. The van der Waals surface area contributed by atoms with Gasteiger partial charge in [0, 0.05) is 25.0 Å². The van der Waals surface area contributed by atoms with Crippen LogP contribution in [0.5, 0.6) is 0 Å². The molecule has 1 N–H and O–H groups in total. The third-order valence-corrected chi connectivity index (χ3v) is 3.13. The second-order valence-corrected chi connectivity index (χ2v) is 4.54. The lowest BCUT2D eigenvalue weighted by atomic mass is 10.2. The first-order chi connectivity index (χ1) is 7.68. The largest absolute Gasteiger partial charge is 0.360 e. The topological polar surface area (TPSA) is 31.9 Å². The van der Waals surface area contributed by atoms with Gasteiger partial charge in [-0.2, -0.15) is 0 Å². The van der Waals surface area contributed by atoms with E-state index in [1.54, 1.807) is 0 Å². The molecule has 0 saturated carbocycles. The Hall–Kier alpha value is -1.35. The Bertz CT molecular complexity index is 459. The van der Waals surface area contributed by atoms with Crippen molar-refractivity contribution < 1.29 is 0 Å². The van der Waals surface area contributed by atoms with E-state index >= 15 is 0 Å². The van der Waals surface area contributed by atoms with Gasteiger partial charge in [0.05, 0.1) is 11.0 Å². The van der Waals surface area contributed by atoms with Gasteiger partial charge in [-0.3, -0.25) is 4.98 Å². The summed E-state index contributed by atoms with van der Waals surface area (Å²) in [6, 6.07) is 4.62. The first kappa shape index (κ1) is 11.1. The minimum absolute atomic E-state index is 0.596. The number of aromatic amines is 1. The van der Waals surface area contributed by atoms with E-state index in [1.165, 1.54) is 5.56 Å². The van der Waals surface area contributed by atoms with Gasteiger partial charge in [-0.1, -0.05) is 0 Å². The summed E-state index contributed by atoms with van der Waals surface area (Å²) in [6.45, 7) is 5.50. The molecule has 2 aromatic heterocycles. The first-order valence-corrected chi connectivity index (χ1v) is 5.79. The number of pyridine rings is 1. The molecule has 0 amide bonds. The first-order valence-electron chi connectivity index (χ1n) is 5.79. The van der Waals surface area contributed by atoms with E-state index in [0.29, 0.717) is 6.04 Å². The number of nitrogens with one attached hydrogen (secondary N) is 1. The van der Waals surface area contributed by atoms with Gasteiger partial charge in [0.2, 0.25) is 0 Å². The summed E-state index contributed by atoms with van der Waals surface area (Å²) in [7, 11) is 2.16. The molecule has 0 aliphatic carbocycles. The predicted octanol–water partition coefficient (Wildman–Crippen LogP) is 2.45. The maximum Gasteiger partial charge on any atom is 0.0911 e. The molecule has 3 nitrogen and oxygen atoms in total. The molecule has 0 atom stereocenters. The Labute approximate surface area is 96.5 Å². The quantitative estimate of drug-likeness (QED) is 0.853. The molecule has 0 radical (unpaired) electrons. The zero-order valence-electron chi connectivity index (χ0n) is 10.2. The van der Waals surface area contributed by atoms with Crippen molar-refractivity contribution in [2.45, 2.75) is 26.3 Å². The van der Waals surface area contributed by atoms with Crippen molar-refractivity contribution in [1.82, 2.24) is 14.9 Å². The molecule has 0 bridgehead atoms. The summed E-state index contributed by atoms with van der Waals surface area (Å²) in [4.78, 5) is 10.0. The van der Waals surface area contributed by atoms with E-state index in [2.05, 4.69) is 48.0 Å². The van der Waals surface area contributed by atoms with Gasteiger partial charge < -0.3 is 9.88 Å². The molecule has 0 aliphatic heterocycles. The Morgan fingerprint density at radius 3 is 3.00 bits per heavy atom. The van der Waals surface area contributed by atoms with E-state index in [1.807, 2.05) is 12.3 Å². The van der Waals surface area contributed by atoms with Crippen LogP contribution in [0.3, 0.4) is 0 Å². The van der Waals surface area contributed by atoms with Crippen LogP contribution >= 0.6 is 0 Å².